The minimum atomic E-state index is -3.59. The number of benzene rings is 1. The van der Waals surface area contributed by atoms with Gasteiger partial charge in [-0.3, -0.25) is 4.79 Å². The Hall–Kier alpha value is -2.12. The summed E-state index contributed by atoms with van der Waals surface area (Å²) in [6.07, 6.45) is 1.98. The molecular formula is C14H15N3O3S. The highest BCUT2D eigenvalue weighted by Gasteiger charge is 2.26. The fraction of sp³-hybridized carbons (Fsp3) is 0.214. The van der Waals surface area contributed by atoms with Crippen LogP contribution in [-0.4, -0.2) is 26.4 Å². The predicted octanol–water partition coefficient (Wildman–Crippen LogP) is 1.01. The number of rotatable bonds is 4. The average molecular weight is 305 g/mol. The van der Waals surface area contributed by atoms with Gasteiger partial charge in [-0.05, 0) is 35.9 Å². The lowest BCUT2D eigenvalue weighted by atomic mass is 10.2. The van der Waals surface area contributed by atoms with Crippen LogP contribution in [0.2, 0.25) is 0 Å². The van der Waals surface area contributed by atoms with Crippen molar-refractivity contribution in [3.05, 3.63) is 47.8 Å². The van der Waals surface area contributed by atoms with Gasteiger partial charge < -0.3 is 9.88 Å². The summed E-state index contributed by atoms with van der Waals surface area (Å²) in [6.45, 7) is 0.200. The van der Waals surface area contributed by atoms with Crippen LogP contribution in [0.1, 0.15) is 11.3 Å². The van der Waals surface area contributed by atoms with Gasteiger partial charge in [0.05, 0.1) is 17.9 Å². The van der Waals surface area contributed by atoms with Gasteiger partial charge in [0.2, 0.25) is 15.9 Å². The lowest BCUT2D eigenvalue weighted by molar-refractivity contribution is -0.117. The van der Waals surface area contributed by atoms with Gasteiger partial charge in [-0.15, -0.1) is 0 Å². The number of carbonyl (C=O) groups is 1. The van der Waals surface area contributed by atoms with Gasteiger partial charge >= 0.3 is 0 Å². The molecule has 0 atom stereocenters. The third-order valence-corrected chi connectivity index (χ3v) is 4.95. The summed E-state index contributed by atoms with van der Waals surface area (Å²) in [5.74, 6) is -0.0288. The van der Waals surface area contributed by atoms with Crippen LogP contribution in [0.25, 0.3) is 0 Å². The molecule has 1 aromatic carbocycles. The molecule has 1 aromatic heterocycles. The molecule has 2 N–H and O–H groups in total. The fourth-order valence-electron chi connectivity index (χ4n) is 2.35. The van der Waals surface area contributed by atoms with E-state index in [1.165, 1.54) is 11.0 Å². The zero-order valence-electron chi connectivity index (χ0n) is 11.5. The number of anilines is 1. The highest BCUT2D eigenvalue weighted by molar-refractivity contribution is 7.89. The Morgan fingerprint density at radius 1 is 1.33 bits per heavy atom. The van der Waals surface area contributed by atoms with Crippen molar-refractivity contribution in [2.24, 2.45) is 0 Å². The highest BCUT2D eigenvalue weighted by Crippen LogP contribution is 2.29. The van der Waals surface area contributed by atoms with E-state index in [4.69, 9.17) is 0 Å². The molecular weight excluding hydrogens is 290 g/mol. The van der Waals surface area contributed by atoms with E-state index in [0.717, 1.165) is 16.9 Å². The Balaban J connectivity index is 1.83. The molecule has 1 aliphatic rings. The minimum absolute atomic E-state index is 0.0288. The monoisotopic (exact) mass is 305 g/mol. The first kappa shape index (κ1) is 13.8. The van der Waals surface area contributed by atoms with Crippen LogP contribution in [0.15, 0.2) is 41.4 Å². The van der Waals surface area contributed by atoms with Gasteiger partial charge in [0.1, 0.15) is 0 Å². The summed E-state index contributed by atoms with van der Waals surface area (Å²) in [7, 11) is -1.91. The van der Waals surface area contributed by atoms with Crippen molar-refractivity contribution >= 4 is 21.6 Å². The van der Waals surface area contributed by atoms with E-state index in [0.29, 0.717) is 0 Å². The summed E-state index contributed by atoms with van der Waals surface area (Å²) in [6, 6.07) is 8.36. The standard InChI is InChI=1S/C14H15N3O3S/c1-17-13-5-4-12(7-10(13)8-14(17)18)21(19,20)16-9-11-3-2-6-15-11/h2-7,15-16H,8-9H2,1H3. The third-order valence-electron chi connectivity index (χ3n) is 3.55. The summed E-state index contributed by atoms with van der Waals surface area (Å²) in [5.41, 5.74) is 2.29. The van der Waals surface area contributed by atoms with Crippen molar-refractivity contribution in [2.75, 3.05) is 11.9 Å². The SMILES string of the molecule is CN1C(=O)Cc2cc(S(=O)(=O)NCc3ccc[nH]3)ccc21. The van der Waals surface area contributed by atoms with Gasteiger partial charge in [-0.25, -0.2) is 13.1 Å². The normalized spacial score (nSPS) is 14.5. The summed E-state index contributed by atoms with van der Waals surface area (Å²) in [5, 5.41) is 0. The number of hydrogen-bond acceptors (Lipinski definition) is 3. The van der Waals surface area contributed by atoms with E-state index in [-0.39, 0.29) is 23.8 Å². The van der Waals surface area contributed by atoms with Gasteiger partial charge in [-0.1, -0.05) is 0 Å². The molecule has 21 heavy (non-hydrogen) atoms. The van der Waals surface area contributed by atoms with Gasteiger partial charge in [0, 0.05) is 24.6 Å². The Kier molecular flexibility index (Phi) is 3.30. The Labute approximate surface area is 122 Å². The van der Waals surface area contributed by atoms with Crippen LogP contribution in [0.5, 0.6) is 0 Å². The number of H-pyrrole nitrogens is 1. The number of aromatic nitrogens is 1. The number of sulfonamides is 1. The van der Waals surface area contributed by atoms with Crippen molar-refractivity contribution in [1.82, 2.24) is 9.71 Å². The maximum absolute atomic E-state index is 12.3. The zero-order chi connectivity index (χ0) is 15.0. The quantitative estimate of drug-likeness (QED) is 0.884. The molecule has 2 aromatic rings. The fourth-order valence-corrected chi connectivity index (χ4v) is 3.40. The Morgan fingerprint density at radius 2 is 2.14 bits per heavy atom. The lowest BCUT2D eigenvalue weighted by Crippen LogP contribution is -2.23. The molecule has 0 radical (unpaired) electrons. The second-order valence-corrected chi connectivity index (χ2v) is 6.71. The average Bonchev–Trinajstić information content (AvgIpc) is 3.06. The molecule has 1 amide bonds. The predicted molar refractivity (Wildman–Crippen MR) is 78.4 cm³/mol. The first-order valence-corrected chi connectivity index (χ1v) is 7.97. The number of amides is 1. The number of nitrogens with one attached hydrogen (secondary N) is 2. The molecule has 0 saturated carbocycles. The number of carbonyl (C=O) groups excluding carboxylic acids is 1. The van der Waals surface area contributed by atoms with Crippen LogP contribution < -0.4 is 9.62 Å². The van der Waals surface area contributed by atoms with Gasteiger partial charge in [0.25, 0.3) is 0 Å². The minimum Gasteiger partial charge on any atom is -0.364 e. The van der Waals surface area contributed by atoms with E-state index >= 15 is 0 Å². The molecule has 0 fully saturated rings. The Morgan fingerprint density at radius 3 is 2.86 bits per heavy atom. The van der Waals surface area contributed by atoms with Crippen molar-refractivity contribution in [3.8, 4) is 0 Å². The largest absolute Gasteiger partial charge is 0.364 e. The maximum atomic E-state index is 12.3. The van der Waals surface area contributed by atoms with Crippen molar-refractivity contribution in [3.63, 3.8) is 0 Å². The summed E-state index contributed by atoms with van der Waals surface area (Å²) in [4.78, 5) is 16.3. The molecule has 7 heteroatoms. The third kappa shape index (κ3) is 2.57. The second-order valence-electron chi connectivity index (χ2n) is 4.94. The van der Waals surface area contributed by atoms with E-state index in [1.807, 2.05) is 0 Å². The molecule has 0 bridgehead atoms. The van der Waals surface area contributed by atoms with Crippen LogP contribution in [-0.2, 0) is 27.8 Å². The van der Waals surface area contributed by atoms with E-state index in [9.17, 15) is 13.2 Å². The van der Waals surface area contributed by atoms with Crippen molar-refractivity contribution in [2.45, 2.75) is 17.9 Å². The topological polar surface area (TPSA) is 82.3 Å². The van der Waals surface area contributed by atoms with E-state index in [1.54, 1.807) is 37.5 Å². The maximum Gasteiger partial charge on any atom is 0.240 e. The summed E-state index contributed by atoms with van der Waals surface area (Å²) < 4.78 is 27.1. The molecule has 0 aliphatic carbocycles. The number of aromatic amines is 1. The second kappa shape index (κ2) is 5.01. The molecule has 110 valence electrons. The molecule has 6 nitrogen and oxygen atoms in total. The van der Waals surface area contributed by atoms with Crippen LogP contribution in [0.4, 0.5) is 5.69 Å². The highest BCUT2D eigenvalue weighted by atomic mass is 32.2. The number of likely N-dealkylation sites (N-methyl/N-ethyl adjacent to an activating group) is 1. The van der Waals surface area contributed by atoms with Crippen LogP contribution >= 0.6 is 0 Å². The smallest absolute Gasteiger partial charge is 0.240 e. The number of nitrogens with zero attached hydrogens (tertiary/aromatic N) is 1. The molecule has 0 spiro atoms. The molecule has 0 unspecified atom stereocenters. The lowest BCUT2D eigenvalue weighted by Gasteiger charge is -2.11. The first-order valence-electron chi connectivity index (χ1n) is 6.49. The van der Waals surface area contributed by atoms with Crippen molar-refractivity contribution < 1.29 is 13.2 Å². The number of hydrogen-bond donors (Lipinski definition) is 2. The molecule has 2 heterocycles. The molecule has 3 rings (SSSR count). The molecule has 0 saturated heterocycles. The number of fused-ring (bicyclic) bond motifs is 1. The van der Waals surface area contributed by atoms with Crippen LogP contribution in [0, 0.1) is 0 Å². The van der Waals surface area contributed by atoms with Crippen molar-refractivity contribution in [1.29, 1.82) is 0 Å². The molecule has 1 aliphatic heterocycles. The Bertz CT molecular complexity index is 782. The first-order chi connectivity index (χ1) is 9.97. The zero-order valence-corrected chi connectivity index (χ0v) is 12.3. The van der Waals surface area contributed by atoms with Crippen LogP contribution in [0.3, 0.4) is 0 Å². The van der Waals surface area contributed by atoms with Gasteiger partial charge in [0.15, 0.2) is 0 Å². The van der Waals surface area contributed by atoms with E-state index in [2.05, 4.69) is 9.71 Å². The van der Waals surface area contributed by atoms with E-state index < -0.39 is 10.0 Å². The summed E-state index contributed by atoms with van der Waals surface area (Å²) >= 11 is 0. The van der Waals surface area contributed by atoms with Gasteiger partial charge in [-0.2, -0.15) is 0 Å².